The van der Waals surface area contributed by atoms with Gasteiger partial charge in [0, 0.05) is 35.3 Å². The number of hydrogen-bond acceptors (Lipinski definition) is 4. The number of carbonyl (C=O) groups excluding carboxylic acids is 1. The molecule has 0 unspecified atom stereocenters. The molecule has 0 spiro atoms. The first-order valence-corrected chi connectivity index (χ1v) is 9.72. The molecule has 0 heterocycles. The summed E-state index contributed by atoms with van der Waals surface area (Å²) in [5.74, 6) is 0.611. The lowest BCUT2D eigenvalue weighted by Crippen LogP contribution is -2.20. The maximum absolute atomic E-state index is 12.6. The normalized spacial score (nSPS) is 27.0. The van der Waals surface area contributed by atoms with Crippen LogP contribution >= 0.6 is 0 Å². The third-order valence-corrected chi connectivity index (χ3v) is 6.97. The molecule has 3 aromatic rings. The van der Waals surface area contributed by atoms with Crippen LogP contribution in [0.4, 0.5) is 5.69 Å². The SMILES string of the molecule is O=C(OCC12C3c4ccccc4[C@H]1[C@@H]2c1ccccc13)c1ccc([N+](=O)[O-])cc1. The molecular weight excluding hydrogens is 366 g/mol. The van der Waals surface area contributed by atoms with Gasteiger partial charge in [0.15, 0.2) is 0 Å². The fourth-order valence-corrected chi connectivity index (χ4v) is 5.87. The van der Waals surface area contributed by atoms with Crippen LogP contribution in [0, 0.1) is 15.5 Å². The molecule has 1 saturated carbocycles. The number of nitrogens with zero attached hydrogens (tertiary/aromatic N) is 1. The molecule has 0 saturated heterocycles. The first-order chi connectivity index (χ1) is 14.1. The van der Waals surface area contributed by atoms with Gasteiger partial charge in [-0.25, -0.2) is 4.79 Å². The first-order valence-electron chi connectivity index (χ1n) is 9.72. The van der Waals surface area contributed by atoms with Crippen LogP contribution in [0.25, 0.3) is 0 Å². The van der Waals surface area contributed by atoms with Gasteiger partial charge in [-0.05, 0) is 34.4 Å². The van der Waals surface area contributed by atoms with Gasteiger partial charge in [0.05, 0.1) is 17.1 Å². The monoisotopic (exact) mass is 383 g/mol. The van der Waals surface area contributed by atoms with Gasteiger partial charge in [0.2, 0.25) is 0 Å². The molecule has 0 radical (unpaired) electrons. The average molecular weight is 383 g/mol. The highest BCUT2D eigenvalue weighted by Gasteiger charge is 2.78. The number of nitro groups is 1. The first kappa shape index (κ1) is 16.5. The van der Waals surface area contributed by atoms with E-state index in [0.29, 0.717) is 24.0 Å². The van der Waals surface area contributed by atoms with Crippen molar-refractivity contribution in [2.75, 3.05) is 6.61 Å². The van der Waals surface area contributed by atoms with Crippen LogP contribution in [-0.4, -0.2) is 17.5 Å². The molecular formula is C24H17NO4. The summed E-state index contributed by atoms with van der Waals surface area (Å²) >= 11 is 0. The van der Waals surface area contributed by atoms with Crippen molar-refractivity contribution in [1.29, 1.82) is 0 Å². The minimum absolute atomic E-state index is 0.0397. The number of benzene rings is 3. The van der Waals surface area contributed by atoms with Crippen LogP contribution in [-0.2, 0) is 4.74 Å². The van der Waals surface area contributed by atoms with E-state index >= 15 is 0 Å². The highest BCUT2D eigenvalue weighted by atomic mass is 16.6. The summed E-state index contributed by atoms with van der Waals surface area (Å²) in [5, 5.41) is 10.8. The lowest BCUT2D eigenvalue weighted by Gasteiger charge is -2.21. The van der Waals surface area contributed by atoms with Gasteiger partial charge in [0.25, 0.3) is 5.69 Å². The lowest BCUT2D eigenvalue weighted by molar-refractivity contribution is -0.384. The molecule has 142 valence electrons. The van der Waals surface area contributed by atoms with Crippen LogP contribution < -0.4 is 0 Å². The minimum Gasteiger partial charge on any atom is -0.461 e. The van der Waals surface area contributed by atoms with Crippen LogP contribution in [0.15, 0.2) is 72.8 Å². The summed E-state index contributed by atoms with van der Waals surface area (Å²) in [6.45, 7) is 0.353. The van der Waals surface area contributed by atoms with E-state index in [1.54, 1.807) is 0 Å². The quantitative estimate of drug-likeness (QED) is 0.369. The van der Waals surface area contributed by atoms with Crippen molar-refractivity contribution in [3.8, 4) is 0 Å². The minimum atomic E-state index is -0.479. The molecule has 0 N–H and O–H groups in total. The Morgan fingerprint density at radius 1 is 0.862 bits per heavy atom. The van der Waals surface area contributed by atoms with Crippen molar-refractivity contribution in [1.82, 2.24) is 0 Å². The molecule has 0 aromatic heterocycles. The fourth-order valence-electron chi connectivity index (χ4n) is 5.87. The number of carbonyl (C=O) groups is 1. The molecule has 3 aliphatic carbocycles. The Hall–Kier alpha value is -3.47. The second-order valence-electron chi connectivity index (χ2n) is 8.14. The molecule has 0 aliphatic heterocycles. The van der Waals surface area contributed by atoms with Crippen molar-refractivity contribution in [2.45, 2.75) is 17.8 Å². The van der Waals surface area contributed by atoms with E-state index in [0.717, 1.165) is 0 Å². The number of hydrogen-bond donors (Lipinski definition) is 0. The Morgan fingerprint density at radius 2 is 1.38 bits per heavy atom. The number of fused-ring (bicyclic) bond motifs is 7. The van der Waals surface area contributed by atoms with Gasteiger partial charge in [-0.1, -0.05) is 48.5 Å². The molecule has 5 nitrogen and oxygen atoms in total. The summed E-state index contributed by atoms with van der Waals surface area (Å²) in [6.07, 6.45) is 0. The zero-order valence-corrected chi connectivity index (χ0v) is 15.4. The summed E-state index contributed by atoms with van der Waals surface area (Å²) in [5.41, 5.74) is 5.67. The third kappa shape index (κ3) is 2.02. The highest BCUT2D eigenvalue weighted by Crippen LogP contribution is 2.85. The molecule has 1 fully saturated rings. The van der Waals surface area contributed by atoms with Crippen LogP contribution in [0.3, 0.4) is 0 Å². The van der Waals surface area contributed by atoms with Gasteiger partial charge in [-0.3, -0.25) is 10.1 Å². The number of non-ortho nitro benzene ring substituents is 1. The largest absolute Gasteiger partial charge is 0.461 e. The summed E-state index contributed by atoms with van der Waals surface area (Å²) in [7, 11) is 0. The van der Waals surface area contributed by atoms with E-state index in [2.05, 4.69) is 48.5 Å². The van der Waals surface area contributed by atoms with Crippen LogP contribution in [0.2, 0.25) is 0 Å². The molecule has 3 aliphatic rings. The summed E-state index contributed by atoms with van der Waals surface area (Å²) in [4.78, 5) is 23.0. The second kappa shape index (κ2) is 5.54. The van der Waals surface area contributed by atoms with Crippen molar-refractivity contribution in [3.05, 3.63) is 111 Å². The Bertz CT molecular complexity index is 1130. The topological polar surface area (TPSA) is 69.4 Å². The van der Waals surface area contributed by atoms with Gasteiger partial charge < -0.3 is 4.74 Å². The van der Waals surface area contributed by atoms with Crippen molar-refractivity contribution >= 4 is 11.7 Å². The highest BCUT2D eigenvalue weighted by molar-refractivity contribution is 5.89. The van der Waals surface area contributed by atoms with Crippen LogP contribution in [0.1, 0.15) is 50.4 Å². The maximum atomic E-state index is 12.6. The number of esters is 1. The van der Waals surface area contributed by atoms with Crippen molar-refractivity contribution in [3.63, 3.8) is 0 Å². The zero-order chi connectivity index (χ0) is 19.8. The van der Waals surface area contributed by atoms with Gasteiger partial charge in [-0.15, -0.1) is 0 Å². The van der Waals surface area contributed by atoms with E-state index in [1.165, 1.54) is 46.5 Å². The molecule has 29 heavy (non-hydrogen) atoms. The zero-order valence-electron chi connectivity index (χ0n) is 15.4. The van der Waals surface area contributed by atoms with Gasteiger partial charge in [-0.2, -0.15) is 0 Å². The van der Waals surface area contributed by atoms with E-state index in [9.17, 15) is 14.9 Å². The fraction of sp³-hybridized carbons (Fsp3) is 0.208. The molecule has 0 bridgehead atoms. The molecule has 6 rings (SSSR count). The average Bonchev–Trinajstić information content (AvgIpc) is 3.25. The molecule has 0 amide bonds. The standard InChI is InChI=1S/C24H17NO4/c26-23(14-9-11-15(12-10-14)25(27)28)29-13-24-20-16-5-1-3-7-18(16)21(24)22(24)19-8-4-2-6-17(19)20/h1-12,20-22H,13H2/t20?,21-,22-,24?/m0/s1. The molecule has 5 heteroatoms. The van der Waals surface area contributed by atoms with Gasteiger partial charge >= 0.3 is 5.97 Å². The number of ether oxygens (including phenoxy) is 1. The smallest absolute Gasteiger partial charge is 0.338 e. The van der Waals surface area contributed by atoms with E-state index < -0.39 is 10.9 Å². The Morgan fingerprint density at radius 3 is 1.90 bits per heavy atom. The lowest BCUT2D eigenvalue weighted by atomic mass is 9.85. The summed E-state index contributed by atoms with van der Waals surface area (Å²) < 4.78 is 5.79. The van der Waals surface area contributed by atoms with Gasteiger partial charge in [0.1, 0.15) is 0 Å². The Labute approximate surface area is 167 Å². The van der Waals surface area contributed by atoms with Crippen LogP contribution in [0.5, 0.6) is 0 Å². The van der Waals surface area contributed by atoms with E-state index in [4.69, 9.17) is 4.74 Å². The Kier molecular flexibility index (Phi) is 3.15. The second-order valence-corrected chi connectivity index (χ2v) is 8.14. The maximum Gasteiger partial charge on any atom is 0.338 e. The third-order valence-electron chi connectivity index (χ3n) is 6.97. The predicted molar refractivity (Wildman–Crippen MR) is 106 cm³/mol. The predicted octanol–water partition coefficient (Wildman–Crippen LogP) is 4.78. The molecule has 2 atom stereocenters. The summed E-state index contributed by atoms with van der Waals surface area (Å²) in [6, 6.07) is 22.7. The molecule has 3 aromatic carbocycles. The van der Waals surface area contributed by atoms with Crippen molar-refractivity contribution < 1.29 is 14.5 Å². The Balaban J connectivity index is 1.30. The van der Waals surface area contributed by atoms with E-state index in [1.807, 2.05) is 0 Å². The number of nitro benzene ring substituents is 1. The number of rotatable bonds is 4. The van der Waals surface area contributed by atoms with E-state index in [-0.39, 0.29) is 17.0 Å². The van der Waals surface area contributed by atoms with Crippen molar-refractivity contribution in [2.24, 2.45) is 5.41 Å².